The molecule has 2 rings (SSSR count). The zero-order valence-corrected chi connectivity index (χ0v) is 11.4. The first kappa shape index (κ1) is 14.0. The molecule has 5 heteroatoms. The topological polar surface area (TPSA) is 44.4 Å². The number of amides is 1. The molecule has 0 saturated carbocycles. The highest BCUT2D eigenvalue weighted by Gasteiger charge is 2.20. The number of hydrogen-bond acceptors (Lipinski definition) is 3. The Balaban J connectivity index is 1.91. The molecule has 0 bridgehead atoms. The summed E-state index contributed by atoms with van der Waals surface area (Å²) in [4.78, 5) is 14.0. The Morgan fingerprint density at radius 1 is 1.58 bits per heavy atom. The van der Waals surface area contributed by atoms with Gasteiger partial charge in [0.2, 0.25) is 5.91 Å². The molecule has 1 fully saturated rings. The van der Waals surface area contributed by atoms with Gasteiger partial charge in [-0.15, -0.1) is 0 Å². The number of rotatable bonds is 3. The lowest BCUT2D eigenvalue weighted by atomic mass is 10.2. The van der Waals surface area contributed by atoms with Crippen molar-refractivity contribution in [3.8, 4) is 0 Å². The van der Waals surface area contributed by atoms with Gasteiger partial charge >= 0.3 is 0 Å². The molecule has 0 aliphatic carbocycles. The molecule has 4 nitrogen and oxygen atoms in total. The fourth-order valence-corrected chi connectivity index (χ4v) is 2.17. The second kappa shape index (κ2) is 6.12. The Hall–Kier alpha value is -1.46. The first-order valence-electron chi connectivity index (χ1n) is 6.57. The Bertz CT molecular complexity index is 464. The Morgan fingerprint density at radius 2 is 2.37 bits per heavy atom. The van der Waals surface area contributed by atoms with Gasteiger partial charge in [0.1, 0.15) is 5.82 Å². The number of nitrogens with zero attached hydrogens (tertiary/aromatic N) is 1. The van der Waals surface area contributed by atoms with Crippen molar-refractivity contribution in [2.45, 2.75) is 19.9 Å². The van der Waals surface area contributed by atoms with Crippen LogP contribution in [0.2, 0.25) is 0 Å². The highest BCUT2D eigenvalue weighted by Crippen LogP contribution is 2.13. The summed E-state index contributed by atoms with van der Waals surface area (Å²) in [6.45, 7) is 6.78. The zero-order valence-electron chi connectivity index (χ0n) is 11.4. The van der Waals surface area contributed by atoms with E-state index in [9.17, 15) is 9.18 Å². The van der Waals surface area contributed by atoms with Gasteiger partial charge in [0.15, 0.2) is 0 Å². The average molecular weight is 265 g/mol. The largest absolute Gasteiger partial charge is 0.325 e. The van der Waals surface area contributed by atoms with Crippen molar-refractivity contribution < 1.29 is 9.18 Å². The normalized spacial score (nSPS) is 20.3. The van der Waals surface area contributed by atoms with Crippen LogP contribution >= 0.6 is 0 Å². The predicted molar refractivity (Wildman–Crippen MR) is 73.7 cm³/mol. The van der Waals surface area contributed by atoms with Crippen molar-refractivity contribution in [1.29, 1.82) is 0 Å². The first-order valence-corrected chi connectivity index (χ1v) is 6.57. The number of carbonyl (C=O) groups is 1. The summed E-state index contributed by atoms with van der Waals surface area (Å²) >= 11 is 0. The molecule has 104 valence electrons. The minimum Gasteiger partial charge on any atom is -0.325 e. The van der Waals surface area contributed by atoms with E-state index in [1.807, 2.05) is 0 Å². The molecule has 1 unspecified atom stereocenters. The van der Waals surface area contributed by atoms with Crippen molar-refractivity contribution in [3.05, 3.63) is 29.6 Å². The monoisotopic (exact) mass is 265 g/mol. The minimum absolute atomic E-state index is 0.1000. The summed E-state index contributed by atoms with van der Waals surface area (Å²) in [5.74, 6) is -0.398. The highest BCUT2D eigenvalue weighted by molar-refractivity contribution is 5.92. The van der Waals surface area contributed by atoms with E-state index in [1.54, 1.807) is 19.1 Å². The third-order valence-corrected chi connectivity index (χ3v) is 3.44. The number of halogens is 1. The van der Waals surface area contributed by atoms with Crippen LogP contribution in [-0.2, 0) is 4.79 Å². The standard InChI is InChI=1S/C14H20FN3O/c1-10-3-4-12(7-13(10)15)17-14(19)9-18-6-5-16-8-11(18)2/h3-4,7,11,16H,5-6,8-9H2,1-2H3,(H,17,19). The molecule has 19 heavy (non-hydrogen) atoms. The molecule has 0 aromatic heterocycles. The Kier molecular flexibility index (Phi) is 4.50. The van der Waals surface area contributed by atoms with E-state index < -0.39 is 0 Å². The molecule has 1 saturated heterocycles. The highest BCUT2D eigenvalue weighted by atomic mass is 19.1. The summed E-state index contributed by atoms with van der Waals surface area (Å²) < 4.78 is 13.4. The van der Waals surface area contributed by atoms with Crippen molar-refractivity contribution in [3.63, 3.8) is 0 Å². The van der Waals surface area contributed by atoms with Crippen LogP contribution in [0.25, 0.3) is 0 Å². The van der Waals surface area contributed by atoms with Crippen molar-refractivity contribution in [2.24, 2.45) is 0 Å². The van der Waals surface area contributed by atoms with Gasteiger partial charge in [-0.2, -0.15) is 0 Å². The van der Waals surface area contributed by atoms with Gasteiger partial charge in [-0.05, 0) is 31.5 Å². The van der Waals surface area contributed by atoms with Gasteiger partial charge < -0.3 is 10.6 Å². The molecule has 1 aliphatic heterocycles. The number of aryl methyl sites for hydroxylation is 1. The molecule has 1 aliphatic rings. The van der Waals surface area contributed by atoms with E-state index in [0.29, 0.717) is 23.8 Å². The molecule has 0 radical (unpaired) electrons. The predicted octanol–water partition coefficient (Wildman–Crippen LogP) is 1.37. The lowest BCUT2D eigenvalue weighted by Gasteiger charge is -2.33. The maximum absolute atomic E-state index is 13.4. The average Bonchev–Trinajstić information content (AvgIpc) is 2.37. The maximum atomic E-state index is 13.4. The number of piperazine rings is 1. The van der Waals surface area contributed by atoms with Gasteiger partial charge in [0.25, 0.3) is 0 Å². The van der Waals surface area contributed by atoms with E-state index in [1.165, 1.54) is 6.07 Å². The van der Waals surface area contributed by atoms with Crippen LogP contribution in [0, 0.1) is 12.7 Å². The number of hydrogen-bond donors (Lipinski definition) is 2. The number of nitrogens with one attached hydrogen (secondary N) is 2. The summed E-state index contributed by atoms with van der Waals surface area (Å²) in [5, 5.41) is 6.01. The summed E-state index contributed by atoms with van der Waals surface area (Å²) in [6, 6.07) is 5.08. The minimum atomic E-state index is -0.298. The van der Waals surface area contributed by atoms with Crippen LogP contribution < -0.4 is 10.6 Å². The van der Waals surface area contributed by atoms with Crippen LogP contribution in [0.5, 0.6) is 0 Å². The SMILES string of the molecule is Cc1ccc(NC(=O)CN2CCNCC2C)cc1F. The second-order valence-corrected chi connectivity index (χ2v) is 5.04. The molecule has 1 aromatic carbocycles. The van der Waals surface area contributed by atoms with Gasteiger partial charge in [-0.1, -0.05) is 6.07 Å². The van der Waals surface area contributed by atoms with E-state index in [0.717, 1.165) is 19.6 Å². The Labute approximate surface area is 113 Å². The van der Waals surface area contributed by atoms with Crippen LogP contribution in [-0.4, -0.2) is 43.0 Å². The summed E-state index contributed by atoms with van der Waals surface area (Å²) in [5.41, 5.74) is 1.09. The molecular weight excluding hydrogens is 245 g/mol. The molecule has 1 amide bonds. The van der Waals surface area contributed by atoms with E-state index >= 15 is 0 Å². The van der Waals surface area contributed by atoms with Crippen LogP contribution in [0.3, 0.4) is 0 Å². The third kappa shape index (κ3) is 3.75. The van der Waals surface area contributed by atoms with Crippen molar-refractivity contribution >= 4 is 11.6 Å². The molecule has 2 N–H and O–H groups in total. The smallest absolute Gasteiger partial charge is 0.238 e. The fourth-order valence-electron chi connectivity index (χ4n) is 2.17. The van der Waals surface area contributed by atoms with E-state index in [2.05, 4.69) is 22.5 Å². The zero-order chi connectivity index (χ0) is 13.8. The maximum Gasteiger partial charge on any atom is 0.238 e. The van der Waals surface area contributed by atoms with Gasteiger partial charge in [-0.3, -0.25) is 9.69 Å². The van der Waals surface area contributed by atoms with Crippen LogP contribution in [0.4, 0.5) is 10.1 Å². The number of carbonyl (C=O) groups excluding carboxylic acids is 1. The summed E-state index contributed by atoms with van der Waals surface area (Å²) in [6.07, 6.45) is 0. The Morgan fingerprint density at radius 3 is 3.05 bits per heavy atom. The molecular formula is C14H20FN3O. The van der Waals surface area contributed by atoms with Crippen LogP contribution in [0.15, 0.2) is 18.2 Å². The quantitative estimate of drug-likeness (QED) is 0.867. The molecule has 1 aromatic rings. The number of benzene rings is 1. The molecule has 1 atom stereocenters. The lowest BCUT2D eigenvalue weighted by molar-refractivity contribution is -0.118. The summed E-state index contributed by atoms with van der Waals surface area (Å²) in [7, 11) is 0. The van der Waals surface area contributed by atoms with Crippen molar-refractivity contribution in [1.82, 2.24) is 10.2 Å². The second-order valence-electron chi connectivity index (χ2n) is 5.04. The van der Waals surface area contributed by atoms with Crippen LogP contribution in [0.1, 0.15) is 12.5 Å². The van der Waals surface area contributed by atoms with E-state index in [-0.39, 0.29) is 11.7 Å². The van der Waals surface area contributed by atoms with Crippen molar-refractivity contribution in [2.75, 3.05) is 31.5 Å². The van der Waals surface area contributed by atoms with Gasteiger partial charge in [0.05, 0.1) is 6.54 Å². The van der Waals surface area contributed by atoms with E-state index in [4.69, 9.17) is 0 Å². The third-order valence-electron chi connectivity index (χ3n) is 3.44. The lowest BCUT2D eigenvalue weighted by Crippen LogP contribution is -2.51. The fraction of sp³-hybridized carbons (Fsp3) is 0.500. The first-order chi connectivity index (χ1) is 9.06. The van der Waals surface area contributed by atoms with Gasteiger partial charge in [0, 0.05) is 31.4 Å². The molecule has 0 spiro atoms. The number of anilines is 1. The molecule has 1 heterocycles. The van der Waals surface area contributed by atoms with Gasteiger partial charge in [-0.25, -0.2) is 4.39 Å².